The Bertz CT molecular complexity index is 186. The summed E-state index contributed by atoms with van der Waals surface area (Å²) in [5.41, 5.74) is 0. The third-order valence-corrected chi connectivity index (χ3v) is 2.33. The van der Waals surface area contributed by atoms with E-state index in [0.717, 1.165) is 26.2 Å². The Balaban J connectivity index is 3.84. The SMILES string of the molecule is COCCN(CCC(=O)OC)CCN(C)C. The van der Waals surface area contributed by atoms with Gasteiger partial charge in [-0.1, -0.05) is 0 Å². The highest BCUT2D eigenvalue weighted by Crippen LogP contribution is 1.94. The van der Waals surface area contributed by atoms with Gasteiger partial charge in [-0.05, 0) is 14.1 Å². The van der Waals surface area contributed by atoms with Crippen molar-refractivity contribution in [3.8, 4) is 0 Å². The number of rotatable bonds is 9. The van der Waals surface area contributed by atoms with Crippen molar-refractivity contribution in [2.75, 3.05) is 61.1 Å². The highest BCUT2D eigenvalue weighted by Gasteiger charge is 2.08. The third-order valence-electron chi connectivity index (χ3n) is 2.33. The number of carbonyl (C=O) groups excluding carboxylic acids is 1. The van der Waals surface area contributed by atoms with Gasteiger partial charge in [0.25, 0.3) is 0 Å². The van der Waals surface area contributed by atoms with Crippen molar-refractivity contribution in [2.45, 2.75) is 6.42 Å². The molecule has 0 spiro atoms. The average molecular weight is 232 g/mol. The van der Waals surface area contributed by atoms with Gasteiger partial charge in [-0.3, -0.25) is 9.69 Å². The van der Waals surface area contributed by atoms with Crippen LogP contribution in [0.1, 0.15) is 6.42 Å². The van der Waals surface area contributed by atoms with E-state index in [1.54, 1.807) is 7.11 Å². The highest BCUT2D eigenvalue weighted by atomic mass is 16.5. The van der Waals surface area contributed by atoms with Crippen LogP contribution in [0.15, 0.2) is 0 Å². The molecule has 0 aromatic carbocycles. The smallest absolute Gasteiger partial charge is 0.306 e. The van der Waals surface area contributed by atoms with Gasteiger partial charge in [0.15, 0.2) is 0 Å². The Morgan fingerprint density at radius 3 is 2.25 bits per heavy atom. The molecule has 0 aromatic rings. The molecule has 0 heterocycles. The van der Waals surface area contributed by atoms with Gasteiger partial charge in [0.05, 0.1) is 20.1 Å². The van der Waals surface area contributed by atoms with Crippen LogP contribution < -0.4 is 0 Å². The maximum absolute atomic E-state index is 11.0. The minimum atomic E-state index is -0.160. The molecule has 0 rings (SSSR count). The number of esters is 1. The molecule has 0 radical (unpaired) electrons. The fourth-order valence-corrected chi connectivity index (χ4v) is 1.25. The number of nitrogens with zero attached hydrogens (tertiary/aromatic N) is 2. The normalized spacial score (nSPS) is 11.1. The van der Waals surface area contributed by atoms with E-state index < -0.39 is 0 Å². The van der Waals surface area contributed by atoms with Crippen LogP contribution in [0, 0.1) is 0 Å². The van der Waals surface area contributed by atoms with Gasteiger partial charge >= 0.3 is 5.97 Å². The number of methoxy groups -OCH3 is 2. The maximum atomic E-state index is 11.0. The van der Waals surface area contributed by atoms with E-state index in [1.165, 1.54) is 7.11 Å². The second-order valence-electron chi connectivity index (χ2n) is 3.96. The van der Waals surface area contributed by atoms with Crippen LogP contribution in [-0.4, -0.2) is 76.9 Å². The Morgan fingerprint density at radius 1 is 1.06 bits per heavy atom. The Morgan fingerprint density at radius 2 is 1.75 bits per heavy atom. The number of likely N-dealkylation sites (N-methyl/N-ethyl adjacent to an activating group) is 1. The Hall–Kier alpha value is -0.650. The first kappa shape index (κ1) is 15.3. The molecule has 0 amide bonds. The van der Waals surface area contributed by atoms with Crippen molar-refractivity contribution < 1.29 is 14.3 Å². The second kappa shape index (κ2) is 9.57. The molecule has 0 bridgehead atoms. The lowest BCUT2D eigenvalue weighted by Crippen LogP contribution is -2.35. The summed E-state index contributed by atoms with van der Waals surface area (Å²) in [6, 6.07) is 0. The van der Waals surface area contributed by atoms with Crippen molar-refractivity contribution >= 4 is 5.97 Å². The molecule has 16 heavy (non-hydrogen) atoms. The Kier molecular flexibility index (Phi) is 9.18. The lowest BCUT2D eigenvalue weighted by atomic mass is 10.3. The van der Waals surface area contributed by atoms with Crippen LogP contribution in [0.4, 0.5) is 0 Å². The van der Waals surface area contributed by atoms with Crippen LogP contribution >= 0.6 is 0 Å². The van der Waals surface area contributed by atoms with Gasteiger partial charge in [-0.15, -0.1) is 0 Å². The van der Waals surface area contributed by atoms with Crippen molar-refractivity contribution in [3.63, 3.8) is 0 Å². The predicted octanol–water partition coefficient (Wildman–Crippen LogP) is 0.0595. The molecule has 0 aliphatic carbocycles. The first-order chi connectivity index (χ1) is 7.60. The lowest BCUT2D eigenvalue weighted by Gasteiger charge is -2.23. The summed E-state index contributed by atoms with van der Waals surface area (Å²) < 4.78 is 9.66. The minimum Gasteiger partial charge on any atom is -0.469 e. The second-order valence-corrected chi connectivity index (χ2v) is 3.96. The fraction of sp³-hybridized carbons (Fsp3) is 0.909. The molecular weight excluding hydrogens is 208 g/mol. The molecule has 0 aliphatic heterocycles. The summed E-state index contributed by atoms with van der Waals surface area (Å²) in [6.45, 7) is 4.18. The van der Waals surface area contributed by atoms with Crippen LogP contribution in [0.3, 0.4) is 0 Å². The zero-order valence-electron chi connectivity index (χ0n) is 10.9. The van der Waals surface area contributed by atoms with E-state index in [-0.39, 0.29) is 5.97 Å². The predicted molar refractivity (Wildman–Crippen MR) is 63.5 cm³/mol. The minimum absolute atomic E-state index is 0.160. The molecule has 0 N–H and O–H groups in total. The van der Waals surface area contributed by atoms with Crippen LogP contribution in [0.25, 0.3) is 0 Å². The van der Waals surface area contributed by atoms with Gasteiger partial charge in [-0.25, -0.2) is 0 Å². The first-order valence-corrected chi connectivity index (χ1v) is 5.53. The molecule has 5 heteroatoms. The molecule has 0 saturated carbocycles. The summed E-state index contributed by atoms with van der Waals surface area (Å²) in [6.07, 6.45) is 0.438. The van der Waals surface area contributed by atoms with Crippen molar-refractivity contribution in [3.05, 3.63) is 0 Å². The van der Waals surface area contributed by atoms with Crippen molar-refractivity contribution in [1.29, 1.82) is 0 Å². The molecule has 5 nitrogen and oxygen atoms in total. The van der Waals surface area contributed by atoms with Gasteiger partial charge in [0, 0.05) is 33.3 Å². The lowest BCUT2D eigenvalue weighted by molar-refractivity contribution is -0.141. The number of hydrogen-bond donors (Lipinski definition) is 0. The average Bonchev–Trinajstić information content (AvgIpc) is 2.27. The molecule has 0 atom stereocenters. The van der Waals surface area contributed by atoms with Crippen LogP contribution in [0.5, 0.6) is 0 Å². The molecule has 0 saturated heterocycles. The summed E-state index contributed by atoms with van der Waals surface area (Å²) >= 11 is 0. The Labute approximate surface area is 98.3 Å². The van der Waals surface area contributed by atoms with Gasteiger partial charge < -0.3 is 14.4 Å². The first-order valence-electron chi connectivity index (χ1n) is 5.53. The number of ether oxygens (including phenoxy) is 2. The maximum Gasteiger partial charge on any atom is 0.306 e. The van der Waals surface area contributed by atoms with Gasteiger partial charge in [0.1, 0.15) is 0 Å². The summed E-state index contributed by atoms with van der Waals surface area (Å²) in [7, 11) is 7.18. The standard InChI is InChI=1S/C11H24N2O3/c1-12(2)7-8-13(9-10-15-3)6-5-11(14)16-4/h5-10H2,1-4H3. The van der Waals surface area contributed by atoms with E-state index >= 15 is 0 Å². The summed E-state index contributed by atoms with van der Waals surface area (Å²) in [4.78, 5) is 15.4. The van der Waals surface area contributed by atoms with E-state index in [4.69, 9.17) is 4.74 Å². The van der Waals surface area contributed by atoms with Crippen LogP contribution in [-0.2, 0) is 14.3 Å². The number of hydrogen-bond acceptors (Lipinski definition) is 5. The van der Waals surface area contributed by atoms with E-state index in [1.807, 2.05) is 14.1 Å². The molecule has 96 valence electrons. The van der Waals surface area contributed by atoms with E-state index in [0.29, 0.717) is 13.0 Å². The molecule has 0 fully saturated rings. The monoisotopic (exact) mass is 232 g/mol. The zero-order chi connectivity index (χ0) is 12.4. The van der Waals surface area contributed by atoms with E-state index in [9.17, 15) is 4.79 Å². The molecule has 0 unspecified atom stereocenters. The van der Waals surface area contributed by atoms with Gasteiger partial charge in [0.2, 0.25) is 0 Å². The fourth-order valence-electron chi connectivity index (χ4n) is 1.25. The summed E-state index contributed by atoms with van der Waals surface area (Å²) in [5.74, 6) is -0.160. The zero-order valence-corrected chi connectivity index (χ0v) is 10.9. The van der Waals surface area contributed by atoms with E-state index in [2.05, 4.69) is 14.5 Å². The van der Waals surface area contributed by atoms with Crippen LogP contribution in [0.2, 0.25) is 0 Å². The highest BCUT2D eigenvalue weighted by molar-refractivity contribution is 5.69. The quantitative estimate of drug-likeness (QED) is 0.526. The summed E-state index contributed by atoms with van der Waals surface area (Å²) in [5, 5.41) is 0. The van der Waals surface area contributed by atoms with Gasteiger partial charge in [-0.2, -0.15) is 0 Å². The van der Waals surface area contributed by atoms with Crippen molar-refractivity contribution in [2.24, 2.45) is 0 Å². The third kappa shape index (κ3) is 8.64. The molecular formula is C11H24N2O3. The molecule has 0 aromatic heterocycles. The molecule has 0 aliphatic rings. The van der Waals surface area contributed by atoms with Crippen molar-refractivity contribution in [1.82, 2.24) is 9.80 Å². The largest absolute Gasteiger partial charge is 0.469 e. The topological polar surface area (TPSA) is 42.0 Å². The number of carbonyl (C=O) groups is 1.